The fraction of sp³-hybridized carbons (Fsp3) is 0.684. The van der Waals surface area contributed by atoms with E-state index in [1.165, 1.54) is 12.8 Å². The highest BCUT2D eigenvalue weighted by atomic mass is 35.5. The number of anilines is 1. The molecule has 1 saturated heterocycles. The lowest BCUT2D eigenvalue weighted by atomic mass is 10.3. The molecule has 7 nitrogen and oxygen atoms in total. The molecule has 2 fully saturated rings. The average Bonchev–Trinajstić information content (AvgIpc) is 3.37. The highest BCUT2D eigenvalue weighted by Gasteiger charge is 2.25. The zero-order valence-electron chi connectivity index (χ0n) is 15.9. The Bertz CT molecular complexity index is 626. The van der Waals surface area contributed by atoms with Gasteiger partial charge in [-0.2, -0.15) is 0 Å². The maximum absolute atomic E-state index is 10.1. The average molecular weight is 396 g/mol. The number of rotatable bonds is 9. The first-order valence-electron chi connectivity index (χ1n) is 9.81. The Labute approximate surface area is 166 Å². The van der Waals surface area contributed by atoms with Gasteiger partial charge in [-0.15, -0.1) is 0 Å². The molecule has 1 aromatic rings. The first kappa shape index (κ1) is 20.2. The molecule has 3 N–H and O–H groups in total. The van der Waals surface area contributed by atoms with Crippen molar-refractivity contribution in [2.45, 2.75) is 38.3 Å². The molecular formula is C19H30ClN5O2. The minimum Gasteiger partial charge on any atom is -0.389 e. The molecule has 3 rings (SSSR count). The molecule has 2 aliphatic rings. The van der Waals surface area contributed by atoms with Crippen LogP contribution in [0.4, 0.5) is 5.82 Å². The molecule has 8 heteroatoms. The predicted molar refractivity (Wildman–Crippen MR) is 109 cm³/mol. The minimum atomic E-state index is -0.577. The van der Waals surface area contributed by atoms with Gasteiger partial charge in [0.25, 0.3) is 0 Å². The van der Waals surface area contributed by atoms with Crippen LogP contribution < -0.4 is 15.5 Å². The number of hydrogen-bond acceptors (Lipinski definition) is 5. The predicted octanol–water partition coefficient (Wildman–Crippen LogP) is 1.66. The second-order valence-corrected chi connectivity index (χ2v) is 7.65. The van der Waals surface area contributed by atoms with Crippen LogP contribution in [0.25, 0.3) is 0 Å². The second-order valence-electron chi connectivity index (χ2n) is 7.24. The maximum Gasteiger partial charge on any atom is 0.191 e. The van der Waals surface area contributed by atoms with E-state index in [2.05, 4.69) is 25.5 Å². The number of aliphatic hydroxyl groups is 1. The summed E-state index contributed by atoms with van der Waals surface area (Å²) >= 11 is 6.26. The third kappa shape index (κ3) is 6.52. The molecule has 27 heavy (non-hydrogen) atoms. The van der Waals surface area contributed by atoms with Crippen LogP contribution in [-0.2, 0) is 4.74 Å². The molecule has 0 radical (unpaired) electrons. The van der Waals surface area contributed by atoms with Gasteiger partial charge in [-0.3, -0.25) is 4.99 Å². The van der Waals surface area contributed by atoms with Crippen molar-refractivity contribution in [3.8, 4) is 0 Å². The standard InChI is InChI=1S/C19H30ClN5O2/c1-2-21-19(23-10-16(26)13-27-12-14-5-6-14)24-15-7-9-25(11-15)18-17(20)4-3-8-22-18/h3-4,8,14-16,26H,2,5-7,9-13H2,1H3,(H2,21,23,24). The normalized spacial score (nSPS) is 21.4. The lowest BCUT2D eigenvalue weighted by Crippen LogP contribution is -2.45. The molecule has 1 aromatic heterocycles. The molecule has 2 unspecified atom stereocenters. The number of ether oxygens (including phenoxy) is 1. The quantitative estimate of drug-likeness (QED) is 0.435. The Balaban J connectivity index is 1.46. The summed E-state index contributed by atoms with van der Waals surface area (Å²) < 4.78 is 5.53. The SMILES string of the molecule is CCNC(=NCC(O)COCC1CC1)NC1CCN(c2ncccc2Cl)C1. The largest absolute Gasteiger partial charge is 0.389 e. The van der Waals surface area contributed by atoms with Crippen LogP contribution in [0, 0.1) is 5.92 Å². The Morgan fingerprint density at radius 2 is 2.33 bits per heavy atom. The summed E-state index contributed by atoms with van der Waals surface area (Å²) in [5.41, 5.74) is 0. The van der Waals surface area contributed by atoms with Crippen LogP contribution in [0.1, 0.15) is 26.2 Å². The molecule has 1 saturated carbocycles. The van der Waals surface area contributed by atoms with Crippen molar-refractivity contribution in [2.24, 2.45) is 10.9 Å². The van der Waals surface area contributed by atoms with E-state index < -0.39 is 6.10 Å². The molecule has 0 aromatic carbocycles. The van der Waals surface area contributed by atoms with Crippen molar-refractivity contribution in [1.82, 2.24) is 15.6 Å². The van der Waals surface area contributed by atoms with Crippen molar-refractivity contribution in [2.75, 3.05) is 44.3 Å². The zero-order chi connectivity index (χ0) is 19.1. The van der Waals surface area contributed by atoms with Gasteiger partial charge < -0.3 is 25.4 Å². The topological polar surface area (TPSA) is 82.0 Å². The summed E-state index contributed by atoms with van der Waals surface area (Å²) in [6.45, 7) is 5.92. The lowest BCUT2D eigenvalue weighted by molar-refractivity contribution is 0.0368. The number of nitrogens with one attached hydrogen (secondary N) is 2. The van der Waals surface area contributed by atoms with Crippen molar-refractivity contribution >= 4 is 23.4 Å². The number of aliphatic imine (C=N–C) groups is 1. The van der Waals surface area contributed by atoms with Crippen molar-refractivity contribution in [3.05, 3.63) is 23.4 Å². The van der Waals surface area contributed by atoms with Gasteiger partial charge in [0.1, 0.15) is 5.82 Å². The summed E-state index contributed by atoms with van der Waals surface area (Å²) in [6, 6.07) is 3.96. The third-order valence-corrected chi connectivity index (χ3v) is 5.03. The Hall–Kier alpha value is -1.57. The van der Waals surface area contributed by atoms with Gasteiger partial charge in [0, 0.05) is 38.5 Å². The maximum atomic E-state index is 10.1. The lowest BCUT2D eigenvalue weighted by Gasteiger charge is -2.20. The van der Waals surface area contributed by atoms with Gasteiger partial charge >= 0.3 is 0 Å². The van der Waals surface area contributed by atoms with Crippen molar-refractivity contribution in [3.63, 3.8) is 0 Å². The van der Waals surface area contributed by atoms with E-state index in [0.717, 1.165) is 44.4 Å². The van der Waals surface area contributed by atoms with Crippen LogP contribution in [0.2, 0.25) is 5.02 Å². The molecule has 0 amide bonds. The Kier molecular flexibility index (Phi) is 7.55. The van der Waals surface area contributed by atoms with E-state index in [1.807, 2.05) is 19.1 Å². The van der Waals surface area contributed by atoms with Gasteiger partial charge in [-0.1, -0.05) is 11.6 Å². The van der Waals surface area contributed by atoms with E-state index in [9.17, 15) is 5.11 Å². The first-order chi connectivity index (χ1) is 13.2. The number of aliphatic hydroxyl groups excluding tert-OH is 1. The summed E-state index contributed by atoms with van der Waals surface area (Å²) in [7, 11) is 0. The molecule has 1 aliphatic heterocycles. The number of aromatic nitrogens is 1. The highest BCUT2D eigenvalue weighted by Crippen LogP contribution is 2.28. The summed E-state index contributed by atoms with van der Waals surface area (Å²) in [5.74, 6) is 2.25. The zero-order valence-corrected chi connectivity index (χ0v) is 16.7. The van der Waals surface area contributed by atoms with Gasteiger partial charge in [0.15, 0.2) is 5.96 Å². The van der Waals surface area contributed by atoms with Crippen LogP contribution in [0.5, 0.6) is 0 Å². The van der Waals surface area contributed by atoms with Crippen molar-refractivity contribution < 1.29 is 9.84 Å². The number of pyridine rings is 1. The Morgan fingerprint density at radius 1 is 1.48 bits per heavy atom. The summed E-state index contributed by atoms with van der Waals surface area (Å²) in [4.78, 5) is 11.1. The molecule has 2 heterocycles. The molecule has 150 valence electrons. The van der Waals surface area contributed by atoms with Crippen LogP contribution in [0.3, 0.4) is 0 Å². The number of guanidine groups is 1. The molecule has 0 spiro atoms. The third-order valence-electron chi connectivity index (χ3n) is 4.73. The van der Waals surface area contributed by atoms with Gasteiger partial charge in [-0.05, 0) is 44.2 Å². The first-order valence-corrected chi connectivity index (χ1v) is 10.2. The number of halogens is 1. The van der Waals surface area contributed by atoms with Crippen LogP contribution >= 0.6 is 11.6 Å². The van der Waals surface area contributed by atoms with Crippen molar-refractivity contribution in [1.29, 1.82) is 0 Å². The van der Waals surface area contributed by atoms with Gasteiger partial charge in [0.2, 0.25) is 0 Å². The van der Waals surface area contributed by atoms with E-state index in [4.69, 9.17) is 16.3 Å². The summed E-state index contributed by atoms with van der Waals surface area (Å²) in [5, 5.41) is 17.4. The van der Waals surface area contributed by atoms with Gasteiger partial charge in [0.05, 0.1) is 24.3 Å². The fourth-order valence-corrected chi connectivity index (χ4v) is 3.34. The summed E-state index contributed by atoms with van der Waals surface area (Å²) in [6.07, 6.45) is 4.67. The van der Waals surface area contributed by atoms with E-state index >= 15 is 0 Å². The fourth-order valence-electron chi connectivity index (χ4n) is 3.10. The monoisotopic (exact) mass is 395 g/mol. The van der Waals surface area contributed by atoms with Gasteiger partial charge in [-0.25, -0.2) is 4.98 Å². The minimum absolute atomic E-state index is 0.254. The van der Waals surface area contributed by atoms with E-state index in [0.29, 0.717) is 24.1 Å². The van der Waals surface area contributed by atoms with E-state index in [-0.39, 0.29) is 6.04 Å². The molecule has 0 bridgehead atoms. The molecule has 2 atom stereocenters. The Morgan fingerprint density at radius 3 is 3.07 bits per heavy atom. The smallest absolute Gasteiger partial charge is 0.191 e. The second kappa shape index (κ2) is 10.1. The van der Waals surface area contributed by atoms with Crippen LogP contribution in [-0.4, -0.2) is 67.6 Å². The highest BCUT2D eigenvalue weighted by molar-refractivity contribution is 6.32. The number of nitrogens with zero attached hydrogens (tertiary/aromatic N) is 3. The van der Waals surface area contributed by atoms with E-state index in [1.54, 1.807) is 6.20 Å². The molecule has 1 aliphatic carbocycles. The van der Waals surface area contributed by atoms with Crippen LogP contribution in [0.15, 0.2) is 23.3 Å². The number of hydrogen-bond donors (Lipinski definition) is 3. The molecular weight excluding hydrogens is 366 g/mol.